The predicted octanol–water partition coefficient (Wildman–Crippen LogP) is 2.62. The first kappa shape index (κ1) is 19.8. The number of fused-ring (bicyclic) bond motifs is 1. The van der Waals surface area contributed by atoms with Gasteiger partial charge in [0.1, 0.15) is 16.2 Å². The second-order valence-electron chi connectivity index (χ2n) is 8.82. The first-order valence-corrected chi connectivity index (χ1v) is 11.9. The molecule has 9 heteroatoms. The Hall–Kier alpha value is -2.16. The fourth-order valence-corrected chi connectivity index (χ4v) is 5.16. The van der Waals surface area contributed by atoms with Gasteiger partial charge in [-0.25, -0.2) is 14.8 Å². The molecule has 0 saturated heterocycles. The minimum absolute atomic E-state index is 0.0291. The van der Waals surface area contributed by atoms with Gasteiger partial charge in [-0.15, -0.1) is 0 Å². The molecule has 0 spiro atoms. The molecule has 3 aliphatic rings. The zero-order valence-corrected chi connectivity index (χ0v) is 18.0. The molecule has 2 heterocycles. The van der Waals surface area contributed by atoms with Crippen molar-refractivity contribution in [2.24, 2.45) is 0 Å². The fraction of sp³-hybridized carbons (Fsp3) is 0.667. The summed E-state index contributed by atoms with van der Waals surface area (Å²) >= 11 is 1.29. The Morgan fingerprint density at radius 1 is 1.10 bits per heavy atom. The van der Waals surface area contributed by atoms with Crippen LogP contribution in [-0.4, -0.2) is 36.7 Å². The van der Waals surface area contributed by atoms with Crippen LogP contribution in [0.1, 0.15) is 82.5 Å². The van der Waals surface area contributed by atoms with Gasteiger partial charge < -0.3 is 5.32 Å². The highest BCUT2D eigenvalue weighted by Crippen LogP contribution is 2.41. The number of nitrogens with one attached hydrogen (secondary N) is 2. The van der Waals surface area contributed by atoms with Crippen LogP contribution in [0.4, 0.5) is 0 Å². The van der Waals surface area contributed by atoms with E-state index in [9.17, 15) is 14.4 Å². The Balaban J connectivity index is 1.50. The standard InChI is InChI=1S/C21H27N5O3S/c1-11(18(27)22-13-5-3-2-4-6-13)30-20-15-17(23-16(24-20)12-7-8-12)26(14-9-10-14)21(29)25-19(15)28/h11-14H,2-10H2,1H3,(H,22,27)(H,25,28,29)/t11-/m0/s1. The largest absolute Gasteiger partial charge is 0.352 e. The van der Waals surface area contributed by atoms with Crippen molar-refractivity contribution in [3.63, 3.8) is 0 Å². The van der Waals surface area contributed by atoms with Gasteiger partial charge in [-0.2, -0.15) is 0 Å². The molecule has 0 aromatic carbocycles. The normalized spacial score (nSPS) is 21.0. The molecule has 3 saturated carbocycles. The van der Waals surface area contributed by atoms with Crippen molar-refractivity contribution >= 4 is 28.7 Å². The molecular weight excluding hydrogens is 402 g/mol. The molecule has 2 aromatic rings. The highest BCUT2D eigenvalue weighted by atomic mass is 32.2. The smallest absolute Gasteiger partial charge is 0.330 e. The molecule has 2 aromatic heterocycles. The number of H-pyrrole nitrogens is 1. The van der Waals surface area contributed by atoms with Crippen LogP contribution in [0.15, 0.2) is 14.6 Å². The van der Waals surface area contributed by atoms with Gasteiger partial charge in [0.05, 0.1) is 5.25 Å². The zero-order valence-electron chi connectivity index (χ0n) is 17.1. The summed E-state index contributed by atoms with van der Waals surface area (Å²) in [5.74, 6) is 0.935. The molecule has 1 atom stereocenters. The Labute approximate surface area is 178 Å². The van der Waals surface area contributed by atoms with Gasteiger partial charge in [-0.3, -0.25) is 19.1 Å². The lowest BCUT2D eigenvalue weighted by atomic mass is 9.95. The molecule has 1 amide bonds. The molecule has 30 heavy (non-hydrogen) atoms. The molecule has 3 fully saturated rings. The van der Waals surface area contributed by atoms with Crippen LogP contribution in [-0.2, 0) is 4.79 Å². The highest BCUT2D eigenvalue weighted by Gasteiger charge is 2.33. The molecular formula is C21H27N5O3S. The number of amides is 1. The molecule has 5 rings (SSSR count). The summed E-state index contributed by atoms with van der Waals surface area (Å²) < 4.78 is 1.61. The van der Waals surface area contributed by atoms with Crippen LogP contribution < -0.4 is 16.6 Å². The Bertz CT molecular complexity index is 1100. The molecule has 3 aliphatic carbocycles. The lowest BCUT2D eigenvalue weighted by Crippen LogP contribution is -2.40. The van der Waals surface area contributed by atoms with Gasteiger partial charge in [0, 0.05) is 18.0 Å². The van der Waals surface area contributed by atoms with E-state index in [1.807, 2.05) is 6.92 Å². The van der Waals surface area contributed by atoms with Crippen LogP contribution in [0.5, 0.6) is 0 Å². The second-order valence-corrected chi connectivity index (χ2v) is 10.2. The van der Waals surface area contributed by atoms with Crippen molar-refractivity contribution in [2.75, 3.05) is 0 Å². The lowest BCUT2D eigenvalue weighted by molar-refractivity contribution is -0.121. The van der Waals surface area contributed by atoms with E-state index in [1.54, 1.807) is 4.57 Å². The molecule has 0 bridgehead atoms. The third-order valence-electron chi connectivity index (χ3n) is 6.23. The summed E-state index contributed by atoms with van der Waals surface area (Å²) in [6, 6.07) is 0.325. The van der Waals surface area contributed by atoms with Gasteiger partial charge in [0.2, 0.25) is 5.91 Å². The van der Waals surface area contributed by atoms with Gasteiger partial charge in [-0.05, 0) is 45.4 Å². The van der Waals surface area contributed by atoms with E-state index >= 15 is 0 Å². The molecule has 160 valence electrons. The average Bonchev–Trinajstić information content (AvgIpc) is 3.61. The molecule has 2 N–H and O–H groups in total. The summed E-state index contributed by atoms with van der Waals surface area (Å²) in [6.07, 6.45) is 9.45. The maximum absolute atomic E-state index is 12.8. The third kappa shape index (κ3) is 3.91. The average molecular weight is 430 g/mol. The van der Waals surface area contributed by atoms with Crippen LogP contribution in [0.3, 0.4) is 0 Å². The van der Waals surface area contributed by atoms with Crippen molar-refractivity contribution in [3.8, 4) is 0 Å². The quantitative estimate of drug-likeness (QED) is 0.540. The Morgan fingerprint density at radius 2 is 1.83 bits per heavy atom. The summed E-state index contributed by atoms with van der Waals surface area (Å²) in [5, 5.41) is 3.60. The zero-order chi connectivity index (χ0) is 20.8. The van der Waals surface area contributed by atoms with Crippen LogP contribution >= 0.6 is 11.8 Å². The number of carbonyl (C=O) groups excluding carboxylic acids is 1. The maximum Gasteiger partial charge on any atom is 0.330 e. The minimum Gasteiger partial charge on any atom is -0.352 e. The van der Waals surface area contributed by atoms with Crippen LogP contribution in [0, 0.1) is 0 Å². The maximum atomic E-state index is 12.8. The van der Waals surface area contributed by atoms with Crippen LogP contribution in [0.2, 0.25) is 0 Å². The number of carbonyl (C=O) groups is 1. The van der Waals surface area contributed by atoms with E-state index in [0.29, 0.717) is 21.9 Å². The first-order valence-electron chi connectivity index (χ1n) is 11.0. The van der Waals surface area contributed by atoms with E-state index in [0.717, 1.165) is 51.4 Å². The van der Waals surface area contributed by atoms with Gasteiger partial charge in [0.15, 0.2) is 5.65 Å². The van der Waals surface area contributed by atoms with Gasteiger partial charge in [-0.1, -0.05) is 31.0 Å². The van der Waals surface area contributed by atoms with Crippen molar-refractivity contribution < 1.29 is 4.79 Å². The van der Waals surface area contributed by atoms with Crippen molar-refractivity contribution in [2.45, 2.75) is 93.0 Å². The highest BCUT2D eigenvalue weighted by molar-refractivity contribution is 8.00. The predicted molar refractivity (Wildman–Crippen MR) is 115 cm³/mol. The fourth-order valence-electron chi connectivity index (χ4n) is 4.20. The van der Waals surface area contributed by atoms with Crippen molar-refractivity contribution in [1.29, 1.82) is 0 Å². The summed E-state index contributed by atoms with van der Waals surface area (Å²) in [6.45, 7) is 1.85. The molecule has 0 aliphatic heterocycles. The number of aromatic amines is 1. The van der Waals surface area contributed by atoms with Crippen molar-refractivity contribution in [1.82, 2.24) is 24.8 Å². The molecule has 0 unspecified atom stereocenters. The van der Waals surface area contributed by atoms with E-state index in [-0.39, 0.29) is 23.9 Å². The number of thioether (sulfide) groups is 1. The topological polar surface area (TPSA) is 110 Å². The minimum atomic E-state index is -0.475. The van der Waals surface area contributed by atoms with Crippen molar-refractivity contribution in [3.05, 3.63) is 26.7 Å². The van der Waals surface area contributed by atoms with E-state index in [4.69, 9.17) is 0 Å². The van der Waals surface area contributed by atoms with Crippen LogP contribution in [0.25, 0.3) is 11.0 Å². The summed E-state index contributed by atoms with van der Waals surface area (Å²) in [4.78, 5) is 49.7. The van der Waals surface area contributed by atoms with E-state index in [1.165, 1.54) is 18.2 Å². The number of hydrogen-bond donors (Lipinski definition) is 2. The van der Waals surface area contributed by atoms with E-state index in [2.05, 4.69) is 20.3 Å². The Morgan fingerprint density at radius 3 is 2.50 bits per heavy atom. The lowest BCUT2D eigenvalue weighted by Gasteiger charge is -2.24. The summed E-state index contributed by atoms with van der Waals surface area (Å²) in [5.41, 5.74) is -0.461. The van der Waals surface area contributed by atoms with E-state index < -0.39 is 16.5 Å². The number of hydrogen-bond acceptors (Lipinski definition) is 6. The number of rotatable bonds is 6. The molecule has 8 nitrogen and oxygen atoms in total. The van der Waals surface area contributed by atoms with Gasteiger partial charge >= 0.3 is 5.69 Å². The van der Waals surface area contributed by atoms with Gasteiger partial charge in [0.25, 0.3) is 5.56 Å². The first-order chi connectivity index (χ1) is 14.5. The monoisotopic (exact) mass is 429 g/mol. The third-order valence-corrected chi connectivity index (χ3v) is 7.32. The summed E-state index contributed by atoms with van der Waals surface area (Å²) in [7, 11) is 0. The SMILES string of the molecule is C[C@H](Sc1nc(C2CC2)nc2c1c(=O)[nH]c(=O)n2C1CC1)C(=O)NC1CCCCC1. The molecule has 0 radical (unpaired) electrons. The number of aromatic nitrogens is 4. The number of nitrogens with zero attached hydrogens (tertiary/aromatic N) is 3. The second kappa shape index (κ2) is 7.83. The Kier molecular flexibility index (Phi) is 5.16.